The standard InChI is InChI=1S/C8H7Cl2P/c1-7(11(9)10)8-5-3-2-4-6-8/h2-6H,1H2. The van der Waals surface area contributed by atoms with Crippen molar-refractivity contribution >= 4 is 34.4 Å². The summed E-state index contributed by atoms with van der Waals surface area (Å²) in [6, 6.07) is 9.71. The highest BCUT2D eigenvalue weighted by molar-refractivity contribution is 8.10. The van der Waals surface area contributed by atoms with Crippen molar-refractivity contribution in [3.63, 3.8) is 0 Å². The third-order valence-corrected chi connectivity index (χ3v) is 3.20. The molecule has 0 amide bonds. The average molecular weight is 205 g/mol. The first-order valence-electron chi connectivity index (χ1n) is 3.08. The van der Waals surface area contributed by atoms with Gasteiger partial charge in [-0.2, -0.15) is 0 Å². The van der Waals surface area contributed by atoms with Gasteiger partial charge in [-0.15, -0.1) is 0 Å². The predicted octanol–water partition coefficient (Wildman–Crippen LogP) is 4.45. The molecule has 0 aliphatic heterocycles. The van der Waals surface area contributed by atoms with Crippen LogP contribution in [0.25, 0.3) is 5.31 Å². The summed E-state index contributed by atoms with van der Waals surface area (Å²) < 4.78 is 0. The van der Waals surface area contributed by atoms with E-state index in [4.69, 9.17) is 22.5 Å². The number of hydrogen-bond acceptors (Lipinski definition) is 0. The van der Waals surface area contributed by atoms with Gasteiger partial charge in [-0.1, -0.05) is 59.4 Å². The Labute approximate surface area is 77.2 Å². The minimum absolute atomic E-state index is 0.809. The molecule has 0 fully saturated rings. The summed E-state index contributed by atoms with van der Waals surface area (Å²) in [6.07, 6.45) is 0. The van der Waals surface area contributed by atoms with Gasteiger partial charge in [0.15, 0.2) is 0 Å². The zero-order chi connectivity index (χ0) is 8.27. The average Bonchev–Trinajstić information content (AvgIpc) is 2.05. The smallest absolute Gasteiger partial charge is 0.0884 e. The van der Waals surface area contributed by atoms with Crippen molar-refractivity contribution in [3.8, 4) is 0 Å². The van der Waals surface area contributed by atoms with Gasteiger partial charge in [0.1, 0.15) is 6.63 Å². The Balaban J connectivity index is 2.86. The van der Waals surface area contributed by atoms with Crippen LogP contribution in [0.3, 0.4) is 0 Å². The van der Waals surface area contributed by atoms with Crippen LogP contribution in [0.4, 0.5) is 0 Å². The molecule has 0 N–H and O–H groups in total. The van der Waals surface area contributed by atoms with Crippen LogP contribution in [0.15, 0.2) is 36.9 Å². The fraction of sp³-hybridized carbons (Fsp3) is 0. The van der Waals surface area contributed by atoms with Crippen LogP contribution in [-0.2, 0) is 0 Å². The molecule has 0 aliphatic carbocycles. The molecule has 0 spiro atoms. The Morgan fingerprint density at radius 3 is 2.18 bits per heavy atom. The van der Waals surface area contributed by atoms with Gasteiger partial charge in [-0.05, 0) is 5.56 Å². The first-order chi connectivity index (χ1) is 5.22. The molecule has 0 atom stereocenters. The molecule has 58 valence electrons. The van der Waals surface area contributed by atoms with Crippen molar-refractivity contribution < 1.29 is 0 Å². The molecule has 1 aromatic carbocycles. The molecule has 1 aromatic rings. The van der Waals surface area contributed by atoms with Gasteiger partial charge >= 0.3 is 0 Å². The van der Waals surface area contributed by atoms with Crippen LogP contribution in [0.5, 0.6) is 0 Å². The third kappa shape index (κ3) is 2.48. The SMILES string of the molecule is C=C(c1ccccc1)P(Cl)Cl. The zero-order valence-electron chi connectivity index (χ0n) is 5.80. The van der Waals surface area contributed by atoms with Gasteiger partial charge in [-0.25, -0.2) is 0 Å². The van der Waals surface area contributed by atoms with Crippen LogP contribution in [0.2, 0.25) is 0 Å². The van der Waals surface area contributed by atoms with Crippen LogP contribution in [-0.4, -0.2) is 0 Å². The molecular formula is C8H7Cl2P. The van der Waals surface area contributed by atoms with E-state index in [9.17, 15) is 0 Å². The quantitative estimate of drug-likeness (QED) is 0.625. The first-order valence-corrected chi connectivity index (χ1v) is 6.23. The molecule has 0 heterocycles. The molecule has 0 aliphatic rings. The Bertz CT molecular complexity index is 244. The van der Waals surface area contributed by atoms with E-state index < -0.39 is 6.63 Å². The van der Waals surface area contributed by atoms with Crippen molar-refractivity contribution in [2.24, 2.45) is 0 Å². The molecule has 11 heavy (non-hydrogen) atoms. The second kappa shape index (κ2) is 4.11. The van der Waals surface area contributed by atoms with Crippen molar-refractivity contribution in [3.05, 3.63) is 42.5 Å². The number of rotatable bonds is 2. The fourth-order valence-electron chi connectivity index (χ4n) is 0.728. The lowest BCUT2D eigenvalue weighted by atomic mass is 10.2. The molecule has 0 unspecified atom stereocenters. The molecular weight excluding hydrogens is 198 g/mol. The molecule has 1 rings (SSSR count). The Hall–Kier alpha value is -0.0300. The fourth-order valence-corrected chi connectivity index (χ4v) is 1.66. The molecule has 0 saturated heterocycles. The Morgan fingerprint density at radius 2 is 1.73 bits per heavy atom. The van der Waals surface area contributed by atoms with E-state index >= 15 is 0 Å². The maximum Gasteiger partial charge on any atom is 0.116 e. The van der Waals surface area contributed by atoms with Crippen molar-refractivity contribution in [2.75, 3.05) is 0 Å². The number of halogens is 2. The van der Waals surface area contributed by atoms with Crippen LogP contribution in [0.1, 0.15) is 5.56 Å². The molecule has 0 aromatic heterocycles. The van der Waals surface area contributed by atoms with Crippen molar-refractivity contribution in [1.29, 1.82) is 0 Å². The highest BCUT2D eigenvalue weighted by Crippen LogP contribution is 2.58. The second-order valence-corrected chi connectivity index (χ2v) is 5.60. The minimum Gasteiger partial charge on any atom is -0.0884 e. The van der Waals surface area contributed by atoms with Gasteiger partial charge in [0.05, 0.1) is 0 Å². The van der Waals surface area contributed by atoms with E-state index in [1.165, 1.54) is 0 Å². The second-order valence-electron chi connectivity index (χ2n) is 2.05. The molecule has 3 heteroatoms. The van der Waals surface area contributed by atoms with E-state index in [0.29, 0.717) is 0 Å². The van der Waals surface area contributed by atoms with Crippen LogP contribution < -0.4 is 0 Å². The Kier molecular flexibility index (Phi) is 3.39. The predicted molar refractivity (Wildman–Crippen MR) is 54.1 cm³/mol. The van der Waals surface area contributed by atoms with Gasteiger partial charge in [0, 0.05) is 5.31 Å². The molecule has 0 saturated carbocycles. The number of hydrogen-bond donors (Lipinski definition) is 0. The van der Waals surface area contributed by atoms with Crippen LogP contribution in [0, 0.1) is 0 Å². The topological polar surface area (TPSA) is 0 Å². The van der Waals surface area contributed by atoms with E-state index in [1.54, 1.807) is 0 Å². The summed E-state index contributed by atoms with van der Waals surface area (Å²) in [5.41, 5.74) is 1.02. The monoisotopic (exact) mass is 204 g/mol. The molecule has 0 bridgehead atoms. The maximum absolute atomic E-state index is 5.69. The summed E-state index contributed by atoms with van der Waals surface area (Å²) >= 11 is 11.4. The van der Waals surface area contributed by atoms with E-state index in [0.717, 1.165) is 10.9 Å². The van der Waals surface area contributed by atoms with Gasteiger partial charge in [0.25, 0.3) is 0 Å². The largest absolute Gasteiger partial charge is 0.116 e. The van der Waals surface area contributed by atoms with E-state index in [1.807, 2.05) is 30.3 Å². The number of benzene rings is 1. The Morgan fingerprint density at radius 1 is 1.18 bits per heavy atom. The highest BCUT2D eigenvalue weighted by atomic mass is 35.9. The third-order valence-electron chi connectivity index (χ3n) is 1.31. The van der Waals surface area contributed by atoms with E-state index in [2.05, 4.69) is 6.58 Å². The summed E-state index contributed by atoms with van der Waals surface area (Å²) in [7, 11) is 0. The van der Waals surface area contributed by atoms with Gasteiger partial charge in [-0.3, -0.25) is 0 Å². The van der Waals surface area contributed by atoms with Gasteiger partial charge < -0.3 is 0 Å². The van der Waals surface area contributed by atoms with E-state index in [-0.39, 0.29) is 0 Å². The first kappa shape index (κ1) is 9.06. The van der Waals surface area contributed by atoms with Crippen molar-refractivity contribution in [2.45, 2.75) is 0 Å². The lowest BCUT2D eigenvalue weighted by molar-refractivity contribution is 1.66. The maximum atomic E-state index is 5.69. The summed E-state index contributed by atoms with van der Waals surface area (Å²) in [5.74, 6) is 0. The zero-order valence-corrected chi connectivity index (χ0v) is 8.20. The highest BCUT2D eigenvalue weighted by Gasteiger charge is 2.05. The lowest BCUT2D eigenvalue weighted by Gasteiger charge is -2.03. The normalized spacial score (nSPS) is 10.1. The lowest BCUT2D eigenvalue weighted by Crippen LogP contribution is -1.73. The van der Waals surface area contributed by atoms with Gasteiger partial charge in [0.2, 0.25) is 0 Å². The minimum atomic E-state index is -1.09. The van der Waals surface area contributed by atoms with Crippen LogP contribution >= 0.6 is 29.1 Å². The summed E-state index contributed by atoms with van der Waals surface area (Å²) in [4.78, 5) is 0. The summed E-state index contributed by atoms with van der Waals surface area (Å²) in [5, 5.41) is 0.809. The molecule has 0 radical (unpaired) electrons. The molecule has 0 nitrogen and oxygen atoms in total. The summed E-state index contributed by atoms with van der Waals surface area (Å²) in [6.45, 7) is 2.70. The van der Waals surface area contributed by atoms with Crippen molar-refractivity contribution in [1.82, 2.24) is 0 Å².